The van der Waals surface area contributed by atoms with Crippen LogP contribution in [0.5, 0.6) is 0 Å². The summed E-state index contributed by atoms with van der Waals surface area (Å²) in [7, 11) is 0. The third kappa shape index (κ3) is 3.67. The molecule has 5 rings (SSSR count). The van der Waals surface area contributed by atoms with Crippen molar-refractivity contribution in [1.82, 2.24) is 0 Å². The molecule has 5 saturated carbocycles. The van der Waals surface area contributed by atoms with Gasteiger partial charge in [-0.15, -0.1) is 0 Å². The molecular weight excluding hydrogens is 508 g/mol. The fraction of sp³-hybridized carbons (Fsp3) is 0.909. The van der Waals surface area contributed by atoms with Crippen molar-refractivity contribution in [1.29, 1.82) is 0 Å². The minimum Gasteiger partial charge on any atom is -0.481 e. The molecule has 4 N–H and O–H groups in total. The smallest absolute Gasteiger partial charge is 0.336 e. The molecule has 226 valence electrons. The first-order valence-electron chi connectivity index (χ1n) is 15.8. The molecular formula is C33H52O7. The van der Waals surface area contributed by atoms with Crippen molar-refractivity contribution in [2.75, 3.05) is 0 Å². The predicted octanol–water partition coefficient (Wildman–Crippen LogP) is 6.47. The highest BCUT2D eigenvalue weighted by atomic mass is 16.4. The maximum absolute atomic E-state index is 12.9. The Balaban J connectivity index is 1.69. The van der Waals surface area contributed by atoms with Crippen LogP contribution in [-0.2, 0) is 14.4 Å². The number of rotatable bonds is 5. The van der Waals surface area contributed by atoms with E-state index in [0.29, 0.717) is 31.1 Å². The van der Waals surface area contributed by atoms with Crippen LogP contribution in [0.3, 0.4) is 0 Å². The van der Waals surface area contributed by atoms with Gasteiger partial charge in [-0.25, -0.2) is 4.79 Å². The highest BCUT2D eigenvalue weighted by Crippen LogP contribution is 2.79. The second-order valence-corrected chi connectivity index (χ2v) is 16.2. The lowest BCUT2D eigenvalue weighted by molar-refractivity contribution is -0.296. The van der Waals surface area contributed by atoms with Crippen LogP contribution >= 0.6 is 0 Å². The van der Waals surface area contributed by atoms with E-state index in [1.807, 2.05) is 6.92 Å². The molecule has 0 saturated heterocycles. The van der Waals surface area contributed by atoms with Crippen LogP contribution in [0.1, 0.15) is 119 Å². The van der Waals surface area contributed by atoms with Crippen LogP contribution < -0.4 is 0 Å². The van der Waals surface area contributed by atoms with Crippen LogP contribution in [0.15, 0.2) is 0 Å². The van der Waals surface area contributed by atoms with E-state index in [0.717, 1.165) is 38.5 Å². The van der Waals surface area contributed by atoms with Crippen LogP contribution in [0.4, 0.5) is 0 Å². The molecule has 7 heteroatoms. The van der Waals surface area contributed by atoms with Gasteiger partial charge < -0.3 is 20.4 Å². The zero-order valence-corrected chi connectivity index (χ0v) is 25.5. The first-order chi connectivity index (χ1) is 18.4. The molecule has 5 aliphatic carbocycles. The number of carbonyl (C=O) groups is 3. The zero-order valence-electron chi connectivity index (χ0n) is 25.5. The van der Waals surface area contributed by atoms with Crippen molar-refractivity contribution in [3.8, 4) is 0 Å². The fourth-order valence-corrected chi connectivity index (χ4v) is 12.8. The summed E-state index contributed by atoms with van der Waals surface area (Å²) >= 11 is 0. The average Bonchev–Trinajstić information content (AvgIpc) is 2.84. The molecule has 1 unspecified atom stereocenters. The number of aliphatic carboxylic acids is 3. The van der Waals surface area contributed by atoms with Crippen LogP contribution in [0.2, 0.25) is 0 Å². The number of aliphatic hydroxyl groups is 1. The molecule has 5 aliphatic rings. The minimum absolute atomic E-state index is 0.0228. The first-order valence-corrected chi connectivity index (χ1v) is 15.8. The summed E-state index contributed by atoms with van der Waals surface area (Å²) in [6, 6.07) is 0. The molecule has 40 heavy (non-hydrogen) atoms. The molecule has 0 aromatic carbocycles. The van der Waals surface area contributed by atoms with Gasteiger partial charge in [0, 0.05) is 5.41 Å². The van der Waals surface area contributed by atoms with Gasteiger partial charge in [0.2, 0.25) is 0 Å². The van der Waals surface area contributed by atoms with Gasteiger partial charge in [-0.1, -0.05) is 41.5 Å². The Morgan fingerprint density at radius 3 is 1.98 bits per heavy atom. The van der Waals surface area contributed by atoms with Gasteiger partial charge in [0.05, 0.1) is 12.8 Å². The minimum atomic E-state index is -1.86. The average molecular weight is 561 g/mol. The molecule has 5 fully saturated rings. The molecule has 0 radical (unpaired) electrons. The second-order valence-electron chi connectivity index (χ2n) is 16.2. The van der Waals surface area contributed by atoms with E-state index >= 15 is 0 Å². The van der Waals surface area contributed by atoms with Crippen LogP contribution in [0.25, 0.3) is 0 Å². The van der Waals surface area contributed by atoms with Crippen molar-refractivity contribution in [3.63, 3.8) is 0 Å². The van der Waals surface area contributed by atoms with E-state index in [9.17, 15) is 34.8 Å². The van der Waals surface area contributed by atoms with Crippen molar-refractivity contribution >= 4 is 17.9 Å². The molecule has 11 atom stereocenters. The Hall–Kier alpha value is -1.63. The Morgan fingerprint density at radius 1 is 0.725 bits per heavy atom. The van der Waals surface area contributed by atoms with E-state index in [1.54, 1.807) is 0 Å². The Bertz CT molecular complexity index is 1080. The summed E-state index contributed by atoms with van der Waals surface area (Å²) in [5.74, 6) is -1.89. The van der Waals surface area contributed by atoms with Crippen molar-refractivity contribution in [3.05, 3.63) is 0 Å². The summed E-state index contributed by atoms with van der Waals surface area (Å²) in [6.07, 6.45) is 7.41. The number of carboxylic acid groups (broad SMARTS) is 3. The van der Waals surface area contributed by atoms with E-state index < -0.39 is 39.8 Å². The monoisotopic (exact) mass is 560 g/mol. The fourth-order valence-electron chi connectivity index (χ4n) is 12.8. The summed E-state index contributed by atoms with van der Waals surface area (Å²) < 4.78 is 0. The van der Waals surface area contributed by atoms with Gasteiger partial charge in [-0.05, 0) is 121 Å². The van der Waals surface area contributed by atoms with Gasteiger partial charge in [0.25, 0.3) is 0 Å². The lowest BCUT2D eigenvalue weighted by Crippen LogP contribution is -2.73. The van der Waals surface area contributed by atoms with Gasteiger partial charge in [-0.2, -0.15) is 0 Å². The first kappa shape index (κ1) is 29.8. The number of hydrogen-bond acceptors (Lipinski definition) is 4. The Morgan fingerprint density at radius 2 is 1.38 bits per heavy atom. The predicted molar refractivity (Wildman–Crippen MR) is 150 cm³/mol. The molecule has 0 aromatic rings. The molecule has 0 bridgehead atoms. The summed E-state index contributed by atoms with van der Waals surface area (Å²) in [6.45, 7) is 13.2. The van der Waals surface area contributed by atoms with E-state index in [4.69, 9.17) is 0 Å². The van der Waals surface area contributed by atoms with Crippen LogP contribution in [0, 0.1) is 62.6 Å². The SMILES string of the molecule is C[C@@H]1[C@H]2[C@H]3CC[C@@H]4[C@]5(C)[C@@H](CC[C@@]4(C)[C@]3(CC(=O)O)CC[C@@]2(CC(=O)O)CC[C@H]1C)C(C)(C)CCC5(O)C(=O)O. The largest absolute Gasteiger partial charge is 0.481 e. The van der Waals surface area contributed by atoms with Gasteiger partial charge >= 0.3 is 17.9 Å². The molecule has 0 amide bonds. The third-order valence-corrected chi connectivity index (χ3v) is 14.8. The third-order valence-electron chi connectivity index (χ3n) is 14.8. The van der Waals surface area contributed by atoms with Gasteiger partial charge in [-0.3, -0.25) is 9.59 Å². The van der Waals surface area contributed by atoms with Crippen molar-refractivity contribution in [2.45, 2.75) is 124 Å². The Kier molecular flexibility index (Phi) is 6.85. The molecule has 0 aromatic heterocycles. The Labute approximate surface area is 239 Å². The van der Waals surface area contributed by atoms with E-state index in [1.165, 1.54) is 0 Å². The summed E-state index contributed by atoms with van der Waals surface area (Å²) in [5.41, 5.74) is -4.20. The second kappa shape index (κ2) is 9.18. The standard InChI is InChI=1S/C33H52O7/c1-19-9-12-31(17-24(34)35)14-15-32(18-25(36)37)21(26(31)20(19)2)7-8-23-29(32,5)11-10-22-28(3,4)13-16-33(40,27(38)39)30(22,23)6/h19-23,26,40H,7-18H2,1-6H3,(H,34,35)(H,36,37)(H,38,39)/t19-,20+,21-,22+,23+,26+,29-,30+,31-,32+,33?/m1/s1. The molecule has 0 aliphatic heterocycles. The maximum Gasteiger partial charge on any atom is 0.336 e. The number of carboxylic acids is 3. The van der Waals surface area contributed by atoms with Gasteiger partial charge in [0.15, 0.2) is 5.60 Å². The lowest BCUT2D eigenvalue weighted by atomic mass is 9.29. The van der Waals surface area contributed by atoms with E-state index in [2.05, 4.69) is 34.6 Å². The molecule has 0 spiro atoms. The highest BCUT2D eigenvalue weighted by molar-refractivity contribution is 5.79. The number of fused-ring (bicyclic) bond motifs is 7. The topological polar surface area (TPSA) is 132 Å². The highest BCUT2D eigenvalue weighted by Gasteiger charge is 2.76. The number of hydrogen-bond donors (Lipinski definition) is 4. The maximum atomic E-state index is 12.9. The normalized spacial score (nSPS) is 51.4. The van der Waals surface area contributed by atoms with Crippen molar-refractivity contribution < 1.29 is 34.8 Å². The quantitative estimate of drug-likeness (QED) is 0.303. The summed E-state index contributed by atoms with van der Waals surface area (Å²) in [4.78, 5) is 37.9. The molecule has 7 nitrogen and oxygen atoms in total. The van der Waals surface area contributed by atoms with Gasteiger partial charge in [0.1, 0.15) is 0 Å². The van der Waals surface area contributed by atoms with Crippen LogP contribution in [-0.4, -0.2) is 43.9 Å². The van der Waals surface area contributed by atoms with Crippen molar-refractivity contribution in [2.24, 2.45) is 62.6 Å². The van der Waals surface area contributed by atoms with E-state index in [-0.39, 0.29) is 53.8 Å². The lowest BCUT2D eigenvalue weighted by Gasteiger charge is -2.75. The zero-order chi connectivity index (χ0) is 29.7. The molecule has 0 heterocycles. The summed E-state index contributed by atoms with van der Waals surface area (Å²) in [5, 5.41) is 43.1.